The minimum Gasteiger partial charge on any atom is -0.493 e. The molecule has 124 valence electrons. The van der Waals surface area contributed by atoms with Crippen molar-refractivity contribution in [2.45, 2.75) is 0 Å². The molecule has 0 amide bonds. The number of hydrogen-bond donors (Lipinski definition) is 1. The molecule has 24 heavy (non-hydrogen) atoms. The lowest BCUT2D eigenvalue weighted by atomic mass is 10.2. The molecular formula is C16H14ClN3O2S2. The highest BCUT2D eigenvalue weighted by Crippen LogP contribution is 2.35. The van der Waals surface area contributed by atoms with Crippen molar-refractivity contribution in [2.75, 3.05) is 19.6 Å². The summed E-state index contributed by atoms with van der Waals surface area (Å²) >= 11 is 9.33. The molecule has 3 aromatic rings. The summed E-state index contributed by atoms with van der Waals surface area (Å²) in [5.41, 5.74) is 4.67. The van der Waals surface area contributed by atoms with E-state index in [0.29, 0.717) is 16.5 Å². The molecule has 0 spiro atoms. The first-order valence-corrected chi connectivity index (χ1v) is 9.05. The monoisotopic (exact) mass is 379 g/mol. The van der Waals surface area contributed by atoms with Gasteiger partial charge in [-0.2, -0.15) is 5.10 Å². The Hall–Kier alpha value is -2.09. The zero-order valence-corrected chi connectivity index (χ0v) is 15.3. The number of anilines is 1. The standard InChI is InChI=1S/C16H14ClN3O2S2/c1-21-13-7-10(6-11(17)15(13)22-2)8-18-20-16-19-12(9-24-16)14-4-3-5-23-14/h3-9H,1-2H3,(H,19,20)/b18-8-. The van der Waals surface area contributed by atoms with Crippen LogP contribution in [-0.2, 0) is 0 Å². The Labute approximate surface area is 152 Å². The summed E-state index contributed by atoms with van der Waals surface area (Å²) in [5.74, 6) is 1.06. The van der Waals surface area contributed by atoms with Gasteiger partial charge in [0.25, 0.3) is 0 Å². The van der Waals surface area contributed by atoms with E-state index in [-0.39, 0.29) is 0 Å². The van der Waals surface area contributed by atoms with Gasteiger partial charge >= 0.3 is 0 Å². The number of halogens is 1. The average Bonchev–Trinajstić information content (AvgIpc) is 3.25. The molecule has 0 unspecified atom stereocenters. The van der Waals surface area contributed by atoms with Crippen LogP contribution in [0.4, 0.5) is 5.13 Å². The number of rotatable bonds is 6. The molecule has 0 bridgehead atoms. The third kappa shape index (κ3) is 3.69. The van der Waals surface area contributed by atoms with Gasteiger partial charge < -0.3 is 9.47 Å². The van der Waals surface area contributed by atoms with Crippen LogP contribution in [0.5, 0.6) is 11.5 Å². The van der Waals surface area contributed by atoms with E-state index < -0.39 is 0 Å². The Morgan fingerprint density at radius 3 is 2.83 bits per heavy atom. The van der Waals surface area contributed by atoms with E-state index in [2.05, 4.69) is 15.5 Å². The predicted molar refractivity (Wildman–Crippen MR) is 101 cm³/mol. The van der Waals surface area contributed by atoms with Crippen LogP contribution < -0.4 is 14.9 Å². The number of thiophene rings is 1. The van der Waals surface area contributed by atoms with E-state index in [1.807, 2.05) is 22.9 Å². The maximum atomic E-state index is 6.17. The fourth-order valence-corrected chi connectivity index (χ4v) is 3.75. The molecule has 0 aliphatic heterocycles. The fraction of sp³-hybridized carbons (Fsp3) is 0.125. The van der Waals surface area contributed by atoms with E-state index in [4.69, 9.17) is 21.1 Å². The number of hydrazone groups is 1. The number of hydrogen-bond acceptors (Lipinski definition) is 7. The highest BCUT2D eigenvalue weighted by atomic mass is 35.5. The second kappa shape index (κ2) is 7.65. The summed E-state index contributed by atoms with van der Waals surface area (Å²) in [7, 11) is 3.11. The third-order valence-electron chi connectivity index (χ3n) is 3.11. The largest absolute Gasteiger partial charge is 0.493 e. The molecule has 0 radical (unpaired) electrons. The number of nitrogens with one attached hydrogen (secondary N) is 1. The summed E-state index contributed by atoms with van der Waals surface area (Å²) in [6.07, 6.45) is 1.65. The summed E-state index contributed by atoms with van der Waals surface area (Å²) in [6.45, 7) is 0. The number of nitrogens with zero attached hydrogens (tertiary/aromatic N) is 2. The SMILES string of the molecule is COc1cc(/C=N\Nc2nc(-c3cccs3)cs2)cc(Cl)c1OC. The molecule has 3 rings (SSSR count). The van der Waals surface area contributed by atoms with E-state index >= 15 is 0 Å². The molecule has 0 atom stereocenters. The van der Waals surface area contributed by atoms with E-state index in [1.54, 1.807) is 43.9 Å². The van der Waals surface area contributed by atoms with Gasteiger partial charge in [-0.25, -0.2) is 4.98 Å². The van der Waals surface area contributed by atoms with Crippen molar-refractivity contribution in [3.8, 4) is 22.1 Å². The second-order valence-corrected chi connectivity index (χ2v) is 6.84. The first kappa shape index (κ1) is 16.8. The third-order valence-corrected chi connectivity index (χ3v) is 5.03. The predicted octanol–water partition coefficient (Wildman–Crippen LogP) is 4.99. The first-order valence-electron chi connectivity index (χ1n) is 6.91. The fourth-order valence-electron chi connectivity index (χ4n) is 2.04. The topological polar surface area (TPSA) is 55.7 Å². The lowest BCUT2D eigenvalue weighted by molar-refractivity contribution is 0.355. The van der Waals surface area contributed by atoms with Crippen molar-refractivity contribution in [1.82, 2.24) is 4.98 Å². The average molecular weight is 380 g/mol. The maximum Gasteiger partial charge on any atom is 0.203 e. The Bertz CT molecular complexity index is 847. The summed E-state index contributed by atoms with van der Waals surface area (Å²) in [6, 6.07) is 7.60. The highest BCUT2D eigenvalue weighted by molar-refractivity contribution is 7.15. The molecule has 0 saturated heterocycles. The zero-order valence-electron chi connectivity index (χ0n) is 12.9. The van der Waals surface area contributed by atoms with Crippen molar-refractivity contribution >= 4 is 45.6 Å². The number of methoxy groups -OCH3 is 2. The summed E-state index contributed by atoms with van der Waals surface area (Å²) < 4.78 is 10.5. The van der Waals surface area contributed by atoms with Crippen molar-refractivity contribution < 1.29 is 9.47 Å². The summed E-state index contributed by atoms with van der Waals surface area (Å²) in [4.78, 5) is 5.63. The normalized spacial score (nSPS) is 11.0. The van der Waals surface area contributed by atoms with Crippen LogP contribution in [-0.4, -0.2) is 25.4 Å². The highest BCUT2D eigenvalue weighted by Gasteiger charge is 2.10. The first-order chi connectivity index (χ1) is 11.7. The molecule has 1 N–H and O–H groups in total. The van der Waals surface area contributed by atoms with Gasteiger partial charge in [-0.3, -0.25) is 5.43 Å². The minimum absolute atomic E-state index is 0.465. The van der Waals surface area contributed by atoms with Gasteiger partial charge in [-0.15, -0.1) is 22.7 Å². The molecule has 2 heterocycles. The van der Waals surface area contributed by atoms with Crippen LogP contribution in [0.15, 0.2) is 40.1 Å². The van der Waals surface area contributed by atoms with Gasteiger partial charge in [-0.1, -0.05) is 17.7 Å². The lowest BCUT2D eigenvalue weighted by Crippen LogP contribution is -1.95. The van der Waals surface area contributed by atoms with Crippen LogP contribution in [0.1, 0.15) is 5.56 Å². The number of thiazole rings is 1. The van der Waals surface area contributed by atoms with E-state index in [1.165, 1.54) is 11.3 Å². The lowest BCUT2D eigenvalue weighted by Gasteiger charge is -2.09. The Balaban J connectivity index is 1.72. The molecule has 0 aliphatic carbocycles. The van der Waals surface area contributed by atoms with Crippen LogP contribution in [0.3, 0.4) is 0 Å². The molecule has 0 saturated carbocycles. The van der Waals surface area contributed by atoms with Crippen molar-refractivity contribution in [3.63, 3.8) is 0 Å². The van der Waals surface area contributed by atoms with Gasteiger partial charge in [0.2, 0.25) is 5.13 Å². The molecule has 2 aromatic heterocycles. The van der Waals surface area contributed by atoms with Gasteiger partial charge in [0, 0.05) is 5.38 Å². The van der Waals surface area contributed by atoms with Gasteiger partial charge in [0.1, 0.15) is 0 Å². The Morgan fingerprint density at radius 1 is 1.25 bits per heavy atom. The molecule has 8 heteroatoms. The van der Waals surface area contributed by atoms with Crippen LogP contribution >= 0.6 is 34.3 Å². The van der Waals surface area contributed by atoms with Crippen molar-refractivity contribution in [1.29, 1.82) is 0 Å². The minimum atomic E-state index is 0.465. The Morgan fingerprint density at radius 2 is 2.12 bits per heavy atom. The molecule has 1 aromatic carbocycles. The molecule has 5 nitrogen and oxygen atoms in total. The van der Waals surface area contributed by atoms with Gasteiger partial charge in [-0.05, 0) is 29.1 Å². The summed E-state index contributed by atoms with van der Waals surface area (Å²) in [5, 5.41) is 9.41. The zero-order chi connectivity index (χ0) is 16.9. The van der Waals surface area contributed by atoms with Crippen LogP contribution in [0.25, 0.3) is 10.6 Å². The quantitative estimate of drug-likeness (QED) is 0.484. The van der Waals surface area contributed by atoms with Crippen molar-refractivity contribution in [2.24, 2.45) is 5.10 Å². The van der Waals surface area contributed by atoms with Gasteiger partial charge in [0.15, 0.2) is 11.5 Å². The van der Waals surface area contributed by atoms with Gasteiger partial charge in [0.05, 0.1) is 36.0 Å². The molecular weight excluding hydrogens is 366 g/mol. The number of ether oxygens (including phenoxy) is 2. The van der Waals surface area contributed by atoms with Crippen LogP contribution in [0, 0.1) is 0 Å². The second-order valence-electron chi connectivity index (χ2n) is 4.62. The van der Waals surface area contributed by atoms with Crippen molar-refractivity contribution in [3.05, 3.63) is 45.6 Å². The Kier molecular flexibility index (Phi) is 5.34. The van der Waals surface area contributed by atoms with E-state index in [9.17, 15) is 0 Å². The number of aromatic nitrogens is 1. The number of benzene rings is 1. The molecule has 0 fully saturated rings. The molecule has 0 aliphatic rings. The smallest absolute Gasteiger partial charge is 0.203 e. The maximum absolute atomic E-state index is 6.17. The van der Waals surface area contributed by atoms with E-state index in [0.717, 1.165) is 21.3 Å². The van der Waals surface area contributed by atoms with Crippen LogP contribution in [0.2, 0.25) is 5.02 Å².